The molecule has 1 N–H and O–H groups in total. The normalized spacial score (nSPS) is 15.8. The Morgan fingerprint density at radius 3 is 2.19 bits per heavy atom. The van der Waals surface area contributed by atoms with Crippen molar-refractivity contribution in [3.05, 3.63) is 64.2 Å². The van der Waals surface area contributed by atoms with Gasteiger partial charge in [-0.2, -0.15) is 13.2 Å². The maximum absolute atomic E-state index is 12.8. The Bertz CT molecular complexity index is 1030. The van der Waals surface area contributed by atoms with E-state index in [1.807, 2.05) is 0 Å². The van der Waals surface area contributed by atoms with Crippen LogP contribution in [0.25, 0.3) is 0 Å². The molecule has 1 heterocycles. The standard InChI is InChI=1S/C29H40F3N3O2/c1-20(2)33-14-6-7-19-37-27-13-12-26(21(3)22(27)4)23(5)34-15-17-35(18-16-34)28(36)24-8-10-25(11-9-24)29(30,31)32/h8-13,20,23,33H,6-7,14-19H2,1-5H3. The number of nitrogens with zero attached hydrogens (tertiary/aromatic N) is 2. The highest BCUT2D eigenvalue weighted by Gasteiger charge is 2.31. The van der Waals surface area contributed by atoms with E-state index in [-0.39, 0.29) is 17.5 Å². The van der Waals surface area contributed by atoms with E-state index in [0.29, 0.717) is 38.8 Å². The molecule has 1 unspecified atom stereocenters. The molecular formula is C29H40F3N3O2. The molecule has 1 atom stereocenters. The number of hydrogen-bond acceptors (Lipinski definition) is 4. The average Bonchev–Trinajstić information content (AvgIpc) is 2.87. The van der Waals surface area contributed by atoms with Crippen LogP contribution in [0.3, 0.4) is 0 Å². The molecule has 5 nitrogen and oxygen atoms in total. The summed E-state index contributed by atoms with van der Waals surface area (Å²) in [4.78, 5) is 16.9. The van der Waals surface area contributed by atoms with Crippen LogP contribution in [-0.2, 0) is 6.18 Å². The highest BCUT2D eigenvalue weighted by Crippen LogP contribution is 2.32. The first kappa shape index (κ1) is 29.0. The lowest BCUT2D eigenvalue weighted by Crippen LogP contribution is -2.49. The molecule has 204 valence electrons. The topological polar surface area (TPSA) is 44.8 Å². The molecule has 1 fully saturated rings. The summed E-state index contributed by atoms with van der Waals surface area (Å²) >= 11 is 0. The number of amides is 1. The third kappa shape index (κ3) is 7.71. The number of halogens is 3. The predicted molar refractivity (Wildman–Crippen MR) is 141 cm³/mol. The lowest BCUT2D eigenvalue weighted by Gasteiger charge is -2.39. The number of unbranched alkanes of at least 4 members (excludes halogenated alkanes) is 1. The van der Waals surface area contributed by atoms with E-state index in [2.05, 4.69) is 57.0 Å². The Balaban J connectivity index is 1.53. The number of nitrogens with one attached hydrogen (secondary N) is 1. The average molecular weight is 520 g/mol. The lowest BCUT2D eigenvalue weighted by molar-refractivity contribution is -0.137. The third-order valence-corrected chi connectivity index (χ3v) is 7.22. The van der Waals surface area contributed by atoms with Gasteiger partial charge in [0.15, 0.2) is 0 Å². The van der Waals surface area contributed by atoms with Crippen LogP contribution < -0.4 is 10.1 Å². The van der Waals surface area contributed by atoms with Gasteiger partial charge in [0.1, 0.15) is 5.75 Å². The van der Waals surface area contributed by atoms with E-state index in [1.165, 1.54) is 23.3 Å². The van der Waals surface area contributed by atoms with Gasteiger partial charge in [-0.15, -0.1) is 0 Å². The molecule has 0 aromatic heterocycles. The molecule has 37 heavy (non-hydrogen) atoms. The number of carbonyl (C=O) groups is 1. The molecule has 1 saturated heterocycles. The van der Waals surface area contributed by atoms with Crippen LogP contribution in [-0.4, -0.2) is 61.1 Å². The van der Waals surface area contributed by atoms with Crippen LogP contribution in [0, 0.1) is 13.8 Å². The monoisotopic (exact) mass is 519 g/mol. The molecule has 3 rings (SSSR count). The van der Waals surface area contributed by atoms with E-state index in [0.717, 1.165) is 42.8 Å². The van der Waals surface area contributed by atoms with Gasteiger partial charge in [0.25, 0.3) is 5.91 Å². The summed E-state index contributed by atoms with van der Waals surface area (Å²) in [5.41, 5.74) is 3.15. The number of ether oxygens (including phenoxy) is 1. The first-order valence-electron chi connectivity index (χ1n) is 13.2. The molecule has 0 spiro atoms. The first-order chi connectivity index (χ1) is 17.5. The Labute approximate surface area is 219 Å². The molecule has 0 saturated carbocycles. The van der Waals surface area contributed by atoms with E-state index < -0.39 is 11.7 Å². The van der Waals surface area contributed by atoms with Crippen LogP contribution in [0.5, 0.6) is 5.75 Å². The largest absolute Gasteiger partial charge is 0.493 e. The molecule has 2 aromatic rings. The molecule has 8 heteroatoms. The smallest absolute Gasteiger partial charge is 0.416 e. The summed E-state index contributed by atoms with van der Waals surface area (Å²) in [7, 11) is 0. The molecule has 1 aliphatic heterocycles. The summed E-state index contributed by atoms with van der Waals surface area (Å²) in [6, 6.07) is 9.34. The molecule has 1 amide bonds. The summed E-state index contributed by atoms with van der Waals surface area (Å²) in [6.45, 7) is 14.9. The van der Waals surface area contributed by atoms with Gasteiger partial charge in [0.2, 0.25) is 0 Å². The number of rotatable bonds is 10. The zero-order valence-corrected chi connectivity index (χ0v) is 22.6. The fourth-order valence-electron chi connectivity index (χ4n) is 4.72. The van der Waals surface area contributed by atoms with Crippen molar-refractivity contribution in [2.45, 2.75) is 65.7 Å². The molecule has 0 bridgehead atoms. The van der Waals surface area contributed by atoms with Crippen LogP contribution in [0.2, 0.25) is 0 Å². The fraction of sp³-hybridized carbons (Fsp3) is 0.552. The van der Waals surface area contributed by atoms with Gasteiger partial charge in [-0.05, 0) is 87.2 Å². The quantitative estimate of drug-likeness (QED) is 0.391. The Morgan fingerprint density at radius 2 is 1.59 bits per heavy atom. The van der Waals surface area contributed by atoms with Crippen LogP contribution in [0.1, 0.15) is 72.3 Å². The van der Waals surface area contributed by atoms with Crippen molar-refractivity contribution in [3.63, 3.8) is 0 Å². The fourth-order valence-corrected chi connectivity index (χ4v) is 4.72. The van der Waals surface area contributed by atoms with Crippen LogP contribution in [0.15, 0.2) is 36.4 Å². The second-order valence-corrected chi connectivity index (χ2v) is 10.1. The van der Waals surface area contributed by atoms with E-state index in [1.54, 1.807) is 4.90 Å². The summed E-state index contributed by atoms with van der Waals surface area (Å²) < 4.78 is 44.5. The summed E-state index contributed by atoms with van der Waals surface area (Å²) in [5, 5.41) is 3.42. The maximum atomic E-state index is 12.8. The minimum Gasteiger partial charge on any atom is -0.493 e. The van der Waals surface area contributed by atoms with Gasteiger partial charge < -0.3 is 15.0 Å². The van der Waals surface area contributed by atoms with Crippen molar-refractivity contribution >= 4 is 5.91 Å². The maximum Gasteiger partial charge on any atom is 0.416 e. The van der Waals surface area contributed by atoms with Gasteiger partial charge in [0.05, 0.1) is 12.2 Å². The second-order valence-electron chi connectivity index (χ2n) is 10.1. The highest BCUT2D eigenvalue weighted by atomic mass is 19.4. The molecule has 1 aliphatic rings. The third-order valence-electron chi connectivity index (χ3n) is 7.22. The first-order valence-corrected chi connectivity index (χ1v) is 13.2. The van der Waals surface area contributed by atoms with Gasteiger partial charge in [0, 0.05) is 43.8 Å². The van der Waals surface area contributed by atoms with Crippen molar-refractivity contribution in [2.24, 2.45) is 0 Å². The zero-order valence-electron chi connectivity index (χ0n) is 22.6. The second kappa shape index (κ2) is 12.8. The van der Waals surface area contributed by atoms with E-state index >= 15 is 0 Å². The number of carbonyl (C=O) groups excluding carboxylic acids is 1. The van der Waals surface area contributed by atoms with Crippen LogP contribution >= 0.6 is 0 Å². The number of piperazine rings is 1. The number of alkyl halides is 3. The molecular weight excluding hydrogens is 479 g/mol. The Morgan fingerprint density at radius 1 is 0.946 bits per heavy atom. The lowest BCUT2D eigenvalue weighted by atomic mass is 9.96. The van der Waals surface area contributed by atoms with Gasteiger partial charge in [-0.25, -0.2) is 0 Å². The Kier molecular flexibility index (Phi) is 10.0. The van der Waals surface area contributed by atoms with Crippen LogP contribution in [0.4, 0.5) is 13.2 Å². The summed E-state index contributed by atoms with van der Waals surface area (Å²) in [6.07, 6.45) is -2.32. The van der Waals surface area contributed by atoms with E-state index in [4.69, 9.17) is 4.74 Å². The van der Waals surface area contributed by atoms with Gasteiger partial charge in [-0.3, -0.25) is 9.69 Å². The minimum absolute atomic E-state index is 0.179. The van der Waals surface area contributed by atoms with Crippen molar-refractivity contribution in [1.29, 1.82) is 0 Å². The van der Waals surface area contributed by atoms with Crippen molar-refractivity contribution in [2.75, 3.05) is 39.3 Å². The summed E-state index contributed by atoms with van der Waals surface area (Å²) in [5.74, 6) is 0.701. The Hall–Kier alpha value is -2.58. The number of hydrogen-bond donors (Lipinski definition) is 1. The molecule has 2 aromatic carbocycles. The number of benzene rings is 2. The SMILES string of the molecule is Cc1c(OCCCCNC(C)C)ccc(C(C)N2CCN(C(=O)c3ccc(C(F)(F)F)cc3)CC2)c1C. The van der Waals surface area contributed by atoms with Gasteiger partial charge in [-0.1, -0.05) is 19.9 Å². The van der Waals surface area contributed by atoms with Crippen molar-refractivity contribution in [1.82, 2.24) is 15.1 Å². The van der Waals surface area contributed by atoms with Crippen molar-refractivity contribution in [3.8, 4) is 5.75 Å². The molecule has 0 radical (unpaired) electrons. The highest BCUT2D eigenvalue weighted by molar-refractivity contribution is 5.94. The van der Waals surface area contributed by atoms with Crippen molar-refractivity contribution < 1.29 is 22.7 Å². The van der Waals surface area contributed by atoms with Gasteiger partial charge >= 0.3 is 6.18 Å². The molecule has 0 aliphatic carbocycles. The van der Waals surface area contributed by atoms with E-state index in [9.17, 15) is 18.0 Å². The predicted octanol–water partition coefficient (Wildman–Crippen LogP) is 6.00. The zero-order chi connectivity index (χ0) is 27.2. The minimum atomic E-state index is -4.41.